The largest absolute Gasteiger partial charge is 0.463 e. The van der Waals surface area contributed by atoms with Crippen LogP contribution in [0.25, 0.3) is 11.1 Å². The number of carbonyl (C=O) groups excluding carboxylic acids is 2. The molecule has 0 aliphatic carbocycles. The van der Waals surface area contributed by atoms with E-state index in [1.807, 2.05) is 0 Å². The Morgan fingerprint density at radius 3 is 2.78 bits per heavy atom. The maximum absolute atomic E-state index is 12.6. The van der Waals surface area contributed by atoms with E-state index in [-0.39, 0.29) is 18.7 Å². The van der Waals surface area contributed by atoms with Gasteiger partial charge in [0.15, 0.2) is 5.76 Å². The number of unbranched alkanes of at least 4 members (excludes halogenated alkanes) is 4. The van der Waals surface area contributed by atoms with Crippen LogP contribution in [0.15, 0.2) is 21.5 Å². The third-order valence-corrected chi connectivity index (χ3v) is 5.06. The van der Waals surface area contributed by atoms with Crippen molar-refractivity contribution in [3.8, 4) is 11.8 Å². The molecule has 0 amide bonds. The second kappa shape index (κ2) is 11.0. The first-order chi connectivity index (χ1) is 15.4. The molecular weight excluding hydrogens is 416 g/mol. The van der Waals surface area contributed by atoms with Gasteiger partial charge in [0.25, 0.3) is 0 Å². The van der Waals surface area contributed by atoms with E-state index in [0.29, 0.717) is 11.1 Å². The van der Waals surface area contributed by atoms with Crippen molar-refractivity contribution in [3.05, 3.63) is 28.5 Å². The minimum atomic E-state index is -0.729. The number of carbonyl (C=O) groups is 2. The maximum atomic E-state index is 12.6. The molecule has 9 heteroatoms. The molecule has 9 nitrogen and oxygen atoms in total. The van der Waals surface area contributed by atoms with Crippen molar-refractivity contribution < 1.29 is 28.2 Å². The number of rotatable bonds is 8. The van der Waals surface area contributed by atoms with Crippen molar-refractivity contribution in [3.63, 3.8) is 0 Å². The van der Waals surface area contributed by atoms with Gasteiger partial charge in [0.2, 0.25) is 5.71 Å². The Hall–Kier alpha value is -3.12. The summed E-state index contributed by atoms with van der Waals surface area (Å²) in [5.41, 5.74) is -0.363. The lowest BCUT2D eigenvalue weighted by Gasteiger charge is -2.17. The van der Waals surface area contributed by atoms with Crippen LogP contribution in [0, 0.1) is 11.8 Å². The van der Waals surface area contributed by atoms with Crippen LogP contribution in [0.5, 0.6) is 0 Å². The minimum absolute atomic E-state index is 0.0854. The zero-order valence-corrected chi connectivity index (χ0v) is 18.6. The quantitative estimate of drug-likeness (QED) is 0.347. The molecule has 3 atom stereocenters. The first-order valence-corrected chi connectivity index (χ1v) is 10.8. The van der Waals surface area contributed by atoms with Crippen molar-refractivity contribution in [2.24, 2.45) is 0 Å². The fourth-order valence-corrected chi connectivity index (χ4v) is 3.54. The van der Waals surface area contributed by atoms with Gasteiger partial charge in [-0.3, -0.25) is 14.2 Å². The molecule has 0 radical (unpaired) electrons. The number of furan rings is 1. The average Bonchev–Trinajstić information content (AvgIpc) is 3.30. The molecular formula is C23H28N2O7. The Labute approximate surface area is 186 Å². The van der Waals surface area contributed by atoms with Crippen LogP contribution < -0.4 is 5.69 Å². The highest BCUT2D eigenvalue weighted by Crippen LogP contribution is 2.31. The lowest BCUT2D eigenvalue weighted by molar-refractivity contribution is -0.155. The van der Waals surface area contributed by atoms with Crippen molar-refractivity contribution >= 4 is 23.0 Å². The molecule has 3 heterocycles. The van der Waals surface area contributed by atoms with E-state index in [0.717, 1.165) is 19.3 Å². The van der Waals surface area contributed by atoms with Gasteiger partial charge in [0.05, 0.1) is 5.39 Å². The summed E-state index contributed by atoms with van der Waals surface area (Å²) in [4.78, 5) is 39.2. The van der Waals surface area contributed by atoms with Gasteiger partial charge in [-0.25, -0.2) is 4.79 Å². The fraction of sp³-hybridized carbons (Fsp3) is 0.565. The standard InChI is InChI=1S/C23H28N2O7/c1-4-5-6-7-8-9-10-18-11-17-13-25(23(28)24-22(17)31-18)21-12-19(30-16(3)27)20(32-21)14-29-15(2)26/h11,13,19-21H,4-8,12,14H2,1-3H3/t19-,20+,21+/m0/s1. The number of hydrogen-bond donors (Lipinski definition) is 0. The van der Waals surface area contributed by atoms with Crippen LogP contribution in [0.3, 0.4) is 0 Å². The summed E-state index contributed by atoms with van der Waals surface area (Å²) in [6.45, 7) is 4.64. The number of fused-ring (bicyclic) bond motifs is 1. The van der Waals surface area contributed by atoms with E-state index >= 15 is 0 Å². The summed E-state index contributed by atoms with van der Waals surface area (Å²) in [6, 6.07) is 1.73. The summed E-state index contributed by atoms with van der Waals surface area (Å²) < 4.78 is 23.1. The third-order valence-electron chi connectivity index (χ3n) is 5.06. The second-order valence-corrected chi connectivity index (χ2v) is 7.73. The molecule has 2 aromatic heterocycles. The van der Waals surface area contributed by atoms with E-state index in [1.165, 1.54) is 31.3 Å². The summed E-state index contributed by atoms with van der Waals surface area (Å²) in [7, 11) is 0. The van der Waals surface area contributed by atoms with Gasteiger partial charge in [-0.15, -0.1) is 0 Å². The summed E-state index contributed by atoms with van der Waals surface area (Å²) >= 11 is 0. The number of esters is 2. The first kappa shape index (κ1) is 23.5. The molecule has 0 aromatic carbocycles. The monoisotopic (exact) mass is 444 g/mol. The van der Waals surface area contributed by atoms with E-state index in [9.17, 15) is 14.4 Å². The van der Waals surface area contributed by atoms with Crippen LogP contribution in [0.2, 0.25) is 0 Å². The van der Waals surface area contributed by atoms with Crippen LogP contribution in [0.4, 0.5) is 0 Å². The number of ether oxygens (including phenoxy) is 3. The van der Waals surface area contributed by atoms with Gasteiger partial charge in [-0.2, -0.15) is 4.98 Å². The van der Waals surface area contributed by atoms with Crippen LogP contribution in [-0.2, 0) is 23.8 Å². The number of aromatic nitrogens is 2. The molecule has 32 heavy (non-hydrogen) atoms. The highest BCUT2D eigenvalue weighted by molar-refractivity contribution is 5.73. The Morgan fingerprint density at radius 2 is 2.06 bits per heavy atom. The molecule has 1 aliphatic heterocycles. The molecule has 172 valence electrons. The Kier molecular flexibility index (Phi) is 8.06. The Balaban J connectivity index is 1.75. The van der Waals surface area contributed by atoms with Crippen molar-refractivity contribution in [1.82, 2.24) is 9.55 Å². The third kappa shape index (κ3) is 6.20. The zero-order valence-electron chi connectivity index (χ0n) is 18.6. The fourth-order valence-electron chi connectivity index (χ4n) is 3.54. The first-order valence-electron chi connectivity index (χ1n) is 10.8. The SMILES string of the molecule is CCCCCCC#Cc1cc2cn([C@H]3C[C@H](OC(C)=O)[C@@H](COC(C)=O)O3)c(=O)nc2o1. The molecule has 0 N–H and O–H groups in total. The summed E-state index contributed by atoms with van der Waals surface area (Å²) in [5.74, 6) is 5.55. The van der Waals surface area contributed by atoms with E-state index < -0.39 is 36.1 Å². The van der Waals surface area contributed by atoms with E-state index in [4.69, 9.17) is 18.6 Å². The molecule has 1 aliphatic rings. The summed E-state index contributed by atoms with van der Waals surface area (Å²) in [5, 5.41) is 0.607. The van der Waals surface area contributed by atoms with Gasteiger partial charge < -0.3 is 18.6 Å². The lowest BCUT2D eigenvalue weighted by Crippen LogP contribution is -2.31. The normalized spacial score (nSPS) is 20.0. The Bertz CT molecular complexity index is 1080. The maximum Gasteiger partial charge on any atom is 0.353 e. The predicted molar refractivity (Wildman–Crippen MR) is 115 cm³/mol. The van der Waals surface area contributed by atoms with Gasteiger partial charge >= 0.3 is 17.6 Å². The number of nitrogens with zero attached hydrogens (tertiary/aromatic N) is 2. The topological polar surface area (TPSA) is 110 Å². The van der Waals surface area contributed by atoms with E-state index in [1.54, 1.807) is 12.3 Å². The van der Waals surface area contributed by atoms with Crippen LogP contribution >= 0.6 is 0 Å². The van der Waals surface area contributed by atoms with Crippen molar-refractivity contribution in [2.45, 2.75) is 77.7 Å². The molecule has 0 unspecified atom stereocenters. The minimum Gasteiger partial charge on any atom is -0.463 e. The highest BCUT2D eigenvalue weighted by atomic mass is 16.6. The van der Waals surface area contributed by atoms with Crippen LogP contribution in [-0.4, -0.2) is 40.3 Å². The van der Waals surface area contributed by atoms with Crippen molar-refractivity contribution in [1.29, 1.82) is 0 Å². The van der Waals surface area contributed by atoms with Gasteiger partial charge in [-0.05, 0) is 12.3 Å². The second-order valence-electron chi connectivity index (χ2n) is 7.73. The van der Waals surface area contributed by atoms with Gasteiger partial charge in [-0.1, -0.05) is 32.1 Å². The van der Waals surface area contributed by atoms with Gasteiger partial charge in [0.1, 0.15) is 25.0 Å². The highest BCUT2D eigenvalue weighted by Gasteiger charge is 2.39. The molecule has 0 spiro atoms. The average molecular weight is 444 g/mol. The molecule has 3 rings (SSSR count). The van der Waals surface area contributed by atoms with E-state index in [2.05, 4.69) is 23.7 Å². The number of hydrogen-bond acceptors (Lipinski definition) is 8. The Morgan fingerprint density at radius 1 is 1.25 bits per heavy atom. The van der Waals surface area contributed by atoms with Crippen LogP contribution in [0.1, 0.15) is 71.3 Å². The molecule has 1 fully saturated rings. The van der Waals surface area contributed by atoms with Crippen molar-refractivity contribution in [2.75, 3.05) is 6.61 Å². The smallest absolute Gasteiger partial charge is 0.353 e. The molecule has 0 bridgehead atoms. The zero-order chi connectivity index (χ0) is 23.1. The predicted octanol–water partition coefficient (Wildman–Crippen LogP) is 3.09. The lowest BCUT2D eigenvalue weighted by atomic mass is 10.1. The molecule has 2 aromatic rings. The van der Waals surface area contributed by atoms with Gasteiger partial charge in [0, 0.05) is 39.0 Å². The summed E-state index contributed by atoms with van der Waals surface area (Å²) in [6.07, 6.45) is 5.10. The molecule has 0 saturated carbocycles. The molecule has 1 saturated heterocycles.